The van der Waals surface area contributed by atoms with Crippen LogP contribution in [-0.2, 0) is 20.0 Å². The van der Waals surface area contributed by atoms with Gasteiger partial charge in [-0.25, -0.2) is 0 Å². The van der Waals surface area contributed by atoms with Crippen molar-refractivity contribution < 1.29 is 0 Å². The Kier molecular flexibility index (Phi) is 5.05. The van der Waals surface area contributed by atoms with Crippen LogP contribution in [0.25, 0.3) is 5.65 Å². The van der Waals surface area contributed by atoms with Gasteiger partial charge in [-0.2, -0.15) is 5.10 Å². The van der Waals surface area contributed by atoms with Gasteiger partial charge in [-0.05, 0) is 30.5 Å². The van der Waals surface area contributed by atoms with Crippen LogP contribution in [0, 0.1) is 0 Å². The predicted molar refractivity (Wildman–Crippen MR) is 92.7 cm³/mol. The highest BCUT2D eigenvalue weighted by Gasteiger charge is 2.05. The topological polar surface area (TPSA) is 84.4 Å². The van der Waals surface area contributed by atoms with E-state index in [9.17, 15) is 0 Å². The van der Waals surface area contributed by atoms with Crippen LogP contribution >= 0.6 is 0 Å². The number of aliphatic imine (C=N–C) groups is 1. The van der Waals surface area contributed by atoms with Crippen LogP contribution in [0.15, 0.2) is 41.8 Å². The molecule has 2 N–H and O–H groups in total. The zero-order chi connectivity index (χ0) is 16.8. The van der Waals surface area contributed by atoms with Crippen molar-refractivity contribution in [1.29, 1.82) is 0 Å². The molecule has 0 amide bonds. The van der Waals surface area contributed by atoms with Crippen molar-refractivity contribution in [3.05, 3.63) is 48.2 Å². The van der Waals surface area contributed by atoms with Crippen LogP contribution in [0.4, 0.5) is 0 Å². The van der Waals surface area contributed by atoms with Gasteiger partial charge in [0.15, 0.2) is 17.4 Å². The molecule has 0 saturated heterocycles. The highest BCUT2D eigenvalue weighted by Crippen LogP contribution is 2.02. The van der Waals surface area contributed by atoms with Crippen LogP contribution in [0.3, 0.4) is 0 Å². The molecule has 0 bridgehead atoms. The maximum Gasteiger partial charge on any atom is 0.191 e. The summed E-state index contributed by atoms with van der Waals surface area (Å²) in [6.45, 7) is 1.41. The molecule has 0 unspecified atom stereocenters. The van der Waals surface area contributed by atoms with Gasteiger partial charge >= 0.3 is 0 Å². The Labute approximate surface area is 140 Å². The number of aryl methyl sites for hydroxylation is 2. The lowest BCUT2D eigenvalue weighted by molar-refractivity contribution is 0.725. The first-order chi connectivity index (χ1) is 11.8. The molecule has 3 aromatic heterocycles. The molecule has 0 atom stereocenters. The molecule has 3 heterocycles. The number of hydrogen-bond donors (Lipinski definition) is 2. The van der Waals surface area contributed by atoms with Crippen molar-refractivity contribution >= 4 is 11.6 Å². The van der Waals surface area contributed by atoms with E-state index in [4.69, 9.17) is 0 Å². The van der Waals surface area contributed by atoms with Crippen molar-refractivity contribution in [3.8, 4) is 0 Å². The summed E-state index contributed by atoms with van der Waals surface area (Å²) in [6.07, 6.45) is 7.91. The molecule has 8 nitrogen and oxygen atoms in total. The molecule has 8 heteroatoms. The fourth-order valence-corrected chi connectivity index (χ4v) is 2.50. The van der Waals surface area contributed by atoms with E-state index < -0.39 is 0 Å². The number of nitrogens with one attached hydrogen (secondary N) is 2. The van der Waals surface area contributed by atoms with E-state index in [2.05, 4.69) is 30.9 Å². The van der Waals surface area contributed by atoms with E-state index in [-0.39, 0.29) is 0 Å². The lowest BCUT2D eigenvalue weighted by atomic mass is 10.2. The van der Waals surface area contributed by atoms with Gasteiger partial charge in [0.1, 0.15) is 0 Å². The van der Waals surface area contributed by atoms with Crippen LogP contribution in [0.5, 0.6) is 0 Å². The van der Waals surface area contributed by atoms with E-state index in [0.29, 0.717) is 6.54 Å². The molecule has 0 radical (unpaired) electrons. The normalized spacial score (nSPS) is 11.8. The monoisotopic (exact) mass is 326 g/mol. The number of nitrogens with zero attached hydrogens (tertiary/aromatic N) is 6. The lowest BCUT2D eigenvalue weighted by Gasteiger charge is -2.10. The summed E-state index contributed by atoms with van der Waals surface area (Å²) in [5.74, 6) is 1.61. The standard InChI is InChI=1S/C16H22N8/c1-17-16(18-8-5-6-13-10-20-23(2)12-13)19-11-15-22-21-14-7-3-4-9-24(14)15/h3-4,7,9-10,12H,5-6,8,11H2,1-2H3,(H2,17,18,19). The van der Waals surface area contributed by atoms with E-state index in [1.807, 2.05) is 52.9 Å². The molecule has 0 fully saturated rings. The number of pyridine rings is 1. The Morgan fingerprint density at radius 3 is 2.96 bits per heavy atom. The lowest BCUT2D eigenvalue weighted by Crippen LogP contribution is -2.37. The number of guanidine groups is 1. The Bertz CT molecular complexity index is 816. The molecular weight excluding hydrogens is 304 g/mol. The van der Waals surface area contributed by atoms with E-state index in [1.165, 1.54) is 5.56 Å². The van der Waals surface area contributed by atoms with E-state index >= 15 is 0 Å². The number of aromatic nitrogens is 5. The van der Waals surface area contributed by atoms with Crippen LogP contribution < -0.4 is 10.6 Å². The summed E-state index contributed by atoms with van der Waals surface area (Å²) in [5.41, 5.74) is 2.09. The van der Waals surface area contributed by atoms with Gasteiger partial charge in [0, 0.05) is 33.0 Å². The second kappa shape index (κ2) is 7.58. The third kappa shape index (κ3) is 3.89. The summed E-state index contributed by atoms with van der Waals surface area (Å²) in [5, 5.41) is 19.1. The predicted octanol–water partition coefficient (Wildman–Crippen LogP) is 0.761. The molecule has 0 aliphatic heterocycles. The van der Waals surface area contributed by atoms with Crippen molar-refractivity contribution in [1.82, 2.24) is 35.0 Å². The average molecular weight is 326 g/mol. The molecule has 3 rings (SSSR count). The summed E-state index contributed by atoms with van der Waals surface area (Å²) >= 11 is 0. The molecule has 0 aliphatic carbocycles. The molecule has 0 aromatic carbocycles. The fraction of sp³-hybridized carbons (Fsp3) is 0.375. The first-order valence-electron chi connectivity index (χ1n) is 7.97. The largest absolute Gasteiger partial charge is 0.356 e. The second-order valence-electron chi connectivity index (χ2n) is 5.52. The quantitative estimate of drug-likeness (QED) is 0.397. The highest BCUT2D eigenvalue weighted by molar-refractivity contribution is 5.79. The van der Waals surface area contributed by atoms with Crippen molar-refractivity contribution in [2.24, 2.45) is 12.0 Å². The summed E-state index contributed by atoms with van der Waals surface area (Å²) < 4.78 is 3.79. The highest BCUT2D eigenvalue weighted by atomic mass is 15.3. The summed E-state index contributed by atoms with van der Waals surface area (Å²) in [7, 11) is 3.69. The SMILES string of the molecule is CN=C(NCCCc1cnn(C)c1)NCc1nnc2ccccn12. The summed E-state index contributed by atoms with van der Waals surface area (Å²) in [6, 6.07) is 5.84. The molecule has 0 saturated carbocycles. The maximum absolute atomic E-state index is 4.24. The van der Waals surface area contributed by atoms with Crippen LogP contribution in [-0.4, -0.2) is 43.9 Å². The number of fused-ring (bicyclic) bond motifs is 1. The smallest absolute Gasteiger partial charge is 0.191 e. The van der Waals surface area contributed by atoms with Crippen molar-refractivity contribution in [2.75, 3.05) is 13.6 Å². The third-order valence-electron chi connectivity index (χ3n) is 3.71. The Balaban J connectivity index is 1.45. The van der Waals surface area contributed by atoms with Gasteiger partial charge in [0.2, 0.25) is 0 Å². The van der Waals surface area contributed by atoms with Crippen LogP contribution in [0.2, 0.25) is 0 Å². The minimum Gasteiger partial charge on any atom is -0.356 e. The molecule has 3 aromatic rings. The van der Waals surface area contributed by atoms with Gasteiger partial charge in [0.25, 0.3) is 0 Å². The number of rotatable bonds is 6. The molecular formula is C16H22N8. The second-order valence-corrected chi connectivity index (χ2v) is 5.52. The minimum absolute atomic E-state index is 0.563. The minimum atomic E-state index is 0.563. The van der Waals surface area contributed by atoms with Crippen molar-refractivity contribution in [3.63, 3.8) is 0 Å². The Hall–Kier alpha value is -2.90. The molecule has 0 spiro atoms. The van der Waals surface area contributed by atoms with E-state index in [1.54, 1.807) is 7.05 Å². The third-order valence-corrected chi connectivity index (χ3v) is 3.71. The zero-order valence-electron chi connectivity index (χ0n) is 14.0. The van der Waals surface area contributed by atoms with Gasteiger partial charge in [-0.1, -0.05) is 6.07 Å². The van der Waals surface area contributed by atoms with Crippen molar-refractivity contribution in [2.45, 2.75) is 19.4 Å². The molecule has 0 aliphatic rings. The average Bonchev–Trinajstić information content (AvgIpc) is 3.20. The molecule has 126 valence electrons. The van der Waals surface area contributed by atoms with Gasteiger partial charge in [0.05, 0.1) is 12.7 Å². The Morgan fingerprint density at radius 2 is 2.17 bits per heavy atom. The van der Waals surface area contributed by atoms with Gasteiger partial charge in [-0.15, -0.1) is 10.2 Å². The first kappa shape index (κ1) is 16.0. The first-order valence-corrected chi connectivity index (χ1v) is 7.97. The van der Waals surface area contributed by atoms with Crippen LogP contribution in [0.1, 0.15) is 17.8 Å². The Morgan fingerprint density at radius 1 is 1.25 bits per heavy atom. The van der Waals surface area contributed by atoms with Gasteiger partial charge in [-0.3, -0.25) is 14.1 Å². The maximum atomic E-state index is 4.24. The fourth-order valence-electron chi connectivity index (χ4n) is 2.50. The number of hydrogen-bond acceptors (Lipinski definition) is 4. The summed E-state index contributed by atoms with van der Waals surface area (Å²) in [4.78, 5) is 4.24. The van der Waals surface area contributed by atoms with E-state index in [0.717, 1.165) is 36.8 Å². The zero-order valence-corrected chi connectivity index (χ0v) is 14.0. The van der Waals surface area contributed by atoms with Gasteiger partial charge < -0.3 is 10.6 Å². The molecule has 24 heavy (non-hydrogen) atoms.